The first-order chi connectivity index (χ1) is 17.5. The van der Waals surface area contributed by atoms with Crippen molar-refractivity contribution in [3.63, 3.8) is 0 Å². The number of aromatic nitrogens is 1. The maximum atomic E-state index is 13.2. The van der Waals surface area contributed by atoms with Crippen molar-refractivity contribution in [3.05, 3.63) is 36.0 Å². The molecule has 37 heavy (non-hydrogen) atoms. The number of aliphatic hydroxyl groups excluding tert-OH is 1. The minimum absolute atomic E-state index is 0.0498. The van der Waals surface area contributed by atoms with Crippen LogP contribution in [0.5, 0.6) is 0 Å². The third-order valence-corrected chi connectivity index (χ3v) is 6.05. The molecule has 0 saturated carbocycles. The summed E-state index contributed by atoms with van der Waals surface area (Å²) in [6.07, 6.45) is 1.20. The van der Waals surface area contributed by atoms with Gasteiger partial charge in [-0.1, -0.05) is 38.5 Å². The maximum Gasteiger partial charge on any atom is 0.326 e. The molecule has 0 radical (unpaired) electrons. The number of nitrogens with one attached hydrogen (secondary N) is 4. The number of aliphatic carboxylic acids is 2. The molecule has 3 amide bonds. The predicted octanol–water partition coefficient (Wildman–Crippen LogP) is -0.910. The summed E-state index contributed by atoms with van der Waals surface area (Å²) >= 11 is 0. The van der Waals surface area contributed by atoms with Crippen molar-refractivity contribution in [2.75, 3.05) is 6.61 Å². The molecule has 13 heteroatoms. The number of nitrogens with two attached hydrogens (primary N) is 1. The summed E-state index contributed by atoms with van der Waals surface area (Å²) in [7, 11) is 0. The highest BCUT2D eigenvalue weighted by Gasteiger charge is 2.33. The number of H-pyrrole nitrogens is 1. The summed E-state index contributed by atoms with van der Waals surface area (Å²) in [5.74, 6) is -5.88. The van der Waals surface area contributed by atoms with Gasteiger partial charge in [-0.2, -0.15) is 0 Å². The zero-order valence-corrected chi connectivity index (χ0v) is 20.6. The van der Waals surface area contributed by atoms with E-state index >= 15 is 0 Å². The van der Waals surface area contributed by atoms with Gasteiger partial charge in [0.1, 0.15) is 24.2 Å². The van der Waals surface area contributed by atoms with E-state index in [4.69, 9.17) is 5.73 Å². The molecule has 1 aromatic heterocycles. The number of rotatable bonds is 14. The van der Waals surface area contributed by atoms with Crippen LogP contribution in [-0.2, 0) is 30.4 Å². The highest BCUT2D eigenvalue weighted by atomic mass is 16.4. The molecule has 5 unspecified atom stereocenters. The fourth-order valence-electron chi connectivity index (χ4n) is 3.68. The molecule has 0 saturated heterocycles. The van der Waals surface area contributed by atoms with Gasteiger partial charge in [0, 0.05) is 23.5 Å². The van der Waals surface area contributed by atoms with E-state index in [-0.39, 0.29) is 6.42 Å². The van der Waals surface area contributed by atoms with E-state index in [0.29, 0.717) is 12.0 Å². The van der Waals surface area contributed by atoms with Crippen LogP contribution in [-0.4, -0.2) is 80.7 Å². The van der Waals surface area contributed by atoms with Gasteiger partial charge < -0.3 is 42.0 Å². The lowest BCUT2D eigenvalue weighted by Gasteiger charge is -2.26. The molecule has 0 spiro atoms. The summed E-state index contributed by atoms with van der Waals surface area (Å²) in [5.41, 5.74) is 7.00. The molecule has 0 aliphatic heterocycles. The van der Waals surface area contributed by atoms with Crippen LogP contribution in [0.15, 0.2) is 30.5 Å². The van der Waals surface area contributed by atoms with Crippen molar-refractivity contribution in [2.24, 2.45) is 11.7 Å². The van der Waals surface area contributed by atoms with Crippen LogP contribution in [0.25, 0.3) is 10.9 Å². The van der Waals surface area contributed by atoms with E-state index in [1.54, 1.807) is 32.2 Å². The molecule has 0 bridgehead atoms. The Bertz CT molecular complexity index is 1130. The number of aromatic amines is 1. The largest absolute Gasteiger partial charge is 0.481 e. The van der Waals surface area contributed by atoms with Gasteiger partial charge in [0.25, 0.3) is 0 Å². The van der Waals surface area contributed by atoms with E-state index in [9.17, 15) is 39.3 Å². The molecule has 13 nitrogen and oxygen atoms in total. The quantitative estimate of drug-likeness (QED) is 0.154. The fraction of sp³-hybridized carbons (Fsp3) is 0.458. The van der Waals surface area contributed by atoms with Crippen molar-refractivity contribution in [3.8, 4) is 0 Å². The van der Waals surface area contributed by atoms with E-state index in [1.165, 1.54) is 0 Å². The molecule has 0 fully saturated rings. The topological polar surface area (TPSA) is 224 Å². The summed E-state index contributed by atoms with van der Waals surface area (Å²) < 4.78 is 0. The number of carboxylic acids is 2. The van der Waals surface area contributed by atoms with Crippen molar-refractivity contribution in [1.82, 2.24) is 20.9 Å². The van der Waals surface area contributed by atoms with Crippen LogP contribution in [0.2, 0.25) is 0 Å². The second-order valence-electron chi connectivity index (χ2n) is 8.78. The molecular formula is C24H33N5O8. The standard InChI is InChI=1S/C24H33N5O8/c1-3-12(2)20(24(36)37)29-23(35)18(9-19(31)32)28-22(34)17(27-21(33)15(25)11-30)8-13-10-26-16-7-5-4-6-14(13)16/h4-7,10,12,15,17-18,20,26,30H,3,8-9,11,25H2,1-2H3,(H,27,33)(H,28,34)(H,29,35)(H,31,32)(H,36,37). The Morgan fingerprint density at radius 2 is 1.59 bits per heavy atom. The number of aliphatic hydroxyl groups is 1. The number of hydrogen-bond acceptors (Lipinski definition) is 7. The zero-order valence-electron chi connectivity index (χ0n) is 20.6. The molecule has 2 rings (SSSR count). The average molecular weight is 520 g/mol. The zero-order chi connectivity index (χ0) is 27.7. The molecule has 202 valence electrons. The van der Waals surface area contributed by atoms with Crippen LogP contribution in [0.3, 0.4) is 0 Å². The number of benzene rings is 1. The highest BCUT2D eigenvalue weighted by molar-refractivity contribution is 5.96. The number of carbonyl (C=O) groups is 5. The van der Waals surface area contributed by atoms with Gasteiger partial charge in [0.05, 0.1) is 13.0 Å². The van der Waals surface area contributed by atoms with Crippen LogP contribution in [0.4, 0.5) is 0 Å². The summed E-state index contributed by atoms with van der Waals surface area (Å²) in [4.78, 5) is 64.5. The molecule has 0 aliphatic rings. The molecule has 5 atom stereocenters. The van der Waals surface area contributed by atoms with Gasteiger partial charge in [0.2, 0.25) is 17.7 Å². The lowest BCUT2D eigenvalue weighted by molar-refractivity contribution is -0.144. The van der Waals surface area contributed by atoms with E-state index in [0.717, 1.165) is 10.9 Å². The smallest absolute Gasteiger partial charge is 0.326 e. The molecule has 0 aliphatic carbocycles. The third kappa shape index (κ3) is 8.02. The number of amides is 3. The first-order valence-electron chi connectivity index (χ1n) is 11.8. The first-order valence-corrected chi connectivity index (χ1v) is 11.8. The van der Waals surface area contributed by atoms with Crippen molar-refractivity contribution >= 4 is 40.6 Å². The first kappa shape index (κ1) is 29.3. The Morgan fingerprint density at radius 1 is 0.973 bits per heavy atom. The number of hydrogen-bond donors (Lipinski definition) is 8. The van der Waals surface area contributed by atoms with E-state index < -0.39 is 72.8 Å². The van der Waals surface area contributed by atoms with Gasteiger partial charge in [-0.25, -0.2) is 4.79 Å². The molecule has 1 aromatic carbocycles. The van der Waals surface area contributed by atoms with E-state index in [1.807, 2.05) is 12.1 Å². The Hall–Kier alpha value is -3.97. The summed E-state index contributed by atoms with van der Waals surface area (Å²) in [6, 6.07) is 1.70. The van der Waals surface area contributed by atoms with Crippen molar-refractivity contribution in [1.29, 1.82) is 0 Å². The predicted molar refractivity (Wildman–Crippen MR) is 132 cm³/mol. The van der Waals surface area contributed by atoms with Gasteiger partial charge in [-0.15, -0.1) is 0 Å². The molecule has 9 N–H and O–H groups in total. The SMILES string of the molecule is CCC(C)C(NC(=O)C(CC(=O)O)NC(=O)C(Cc1c[nH]c2ccccc12)NC(=O)C(N)CO)C(=O)O. The normalized spacial score (nSPS) is 15.1. The molecular weight excluding hydrogens is 486 g/mol. The molecule has 1 heterocycles. The van der Waals surface area contributed by atoms with Gasteiger partial charge in [0.15, 0.2) is 0 Å². The number of para-hydroxylation sites is 1. The Balaban J connectivity index is 2.30. The number of carboxylic acid groups (broad SMARTS) is 2. The summed E-state index contributed by atoms with van der Waals surface area (Å²) in [5, 5.41) is 35.8. The van der Waals surface area contributed by atoms with Gasteiger partial charge in [-0.3, -0.25) is 19.2 Å². The number of carbonyl (C=O) groups excluding carboxylic acids is 3. The minimum atomic E-state index is -1.62. The second-order valence-corrected chi connectivity index (χ2v) is 8.78. The number of fused-ring (bicyclic) bond motifs is 1. The van der Waals surface area contributed by atoms with Crippen LogP contribution >= 0.6 is 0 Å². The lowest BCUT2D eigenvalue weighted by atomic mass is 9.98. The van der Waals surface area contributed by atoms with Crippen LogP contribution in [0, 0.1) is 5.92 Å². The van der Waals surface area contributed by atoms with E-state index in [2.05, 4.69) is 20.9 Å². The molecule has 2 aromatic rings. The highest BCUT2D eigenvalue weighted by Crippen LogP contribution is 2.19. The maximum absolute atomic E-state index is 13.2. The van der Waals surface area contributed by atoms with Crippen molar-refractivity contribution < 1.29 is 39.3 Å². The lowest BCUT2D eigenvalue weighted by Crippen LogP contribution is -2.58. The van der Waals surface area contributed by atoms with Gasteiger partial charge >= 0.3 is 11.9 Å². The monoisotopic (exact) mass is 519 g/mol. The Morgan fingerprint density at radius 3 is 2.19 bits per heavy atom. The minimum Gasteiger partial charge on any atom is -0.481 e. The second kappa shape index (κ2) is 13.4. The van der Waals surface area contributed by atoms with Crippen LogP contribution < -0.4 is 21.7 Å². The Kier molecular flexibility index (Phi) is 10.6. The third-order valence-electron chi connectivity index (χ3n) is 6.05. The van der Waals surface area contributed by atoms with Gasteiger partial charge in [-0.05, 0) is 17.5 Å². The summed E-state index contributed by atoms with van der Waals surface area (Å²) in [6.45, 7) is 2.67. The van der Waals surface area contributed by atoms with Crippen molar-refractivity contribution in [2.45, 2.75) is 57.3 Å². The van der Waals surface area contributed by atoms with Crippen LogP contribution in [0.1, 0.15) is 32.3 Å². The average Bonchev–Trinajstić information content (AvgIpc) is 3.27. The fourth-order valence-corrected chi connectivity index (χ4v) is 3.68. The Labute approximate surface area is 212 Å².